The zero-order chi connectivity index (χ0) is 16.5. The topological polar surface area (TPSA) is 127 Å². The number of nitrogens with zero attached hydrogens (tertiary/aromatic N) is 1. The summed E-state index contributed by atoms with van der Waals surface area (Å²) in [5.74, 6) is -0.651. The molecule has 0 atom stereocenters. The van der Waals surface area contributed by atoms with Gasteiger partial charge in [0.1, 0.15) is 21.4 Å². The lowest BCUT2D eigenvalue weighted by Crippen LogP contribution is -2.14. The minimum absolute atomic E-state index is 0.0353. The molecule has 0 bridgehead atoms. The van der Waals surface area contributed by atoms with Gasteiger partial charge < -0.3 is 10.5 Å². The number of aromatic amines is 1. The summed E-state index contributed by atoms with van der Waals surface area (Å²) >= 11 is 11.9. The number of hydrogen-bond donors (Lipinski definition) is 3. The van der Waals surface area contributed by atoms with Crippen molar-refractivity contribution in [1.29, 1.82) is 0 Å². The highest BCUT2D eigenvalue weighted by Crippen LogP contribution is 2.37. The van der Waals surface area contributed by atoms with E-state index in [2.05, 4.69) is 14.9 Å². The van der Waals surface area contributed by atoms with E-state index in [-0.39, 0.29) is 32.2 Å². The monoisotopic (exact) mass is 364 g/mol. The normalized spacial score (nSPS) is 11.2. The minimum atomic E-state index is -4.06. The van der Waals surface area contributed by atoms with Crippen molar-refractivity contribution in [2.75, 3.05) is 11.8 Å². The molecule has 11 heteroatoms. The van der Waals surface area contributed by atoms with E-state index in [0.717, 1.165) is 6.07 Å². The second-order valence-electron chi connectivity index (χ2n) is 4.03. The number of sulfonamides is 1. The zero-order valence-electron chi connectivity index (χ0n) is 11.1. The van der Waals surface area contributed by atoms with Gasteiger partial charge in [-0.15, -0.1) is 0 Å². The van der Waals surface area contributed by atoms with E-state index in [1.165, 1.54) is 19.2 Å². The molecular formula is C11H10Cl2N4O4S. The first kappa shape index (κ1) is 16.4. The van der Waals surface area contributed by atoms with Crippen LogP contribution in [0, 0.1) is 0 Å². The molecule has 2 rings (SSSR count). The highest BCUT2D eigenvalue weighted by Gasteiger charge is 2.23. The minimum Gasteiger partial charge on any atom is -0.495 e. The molecule has 0 spiro atoms. The molecule has 22 heavy (non-hydrogen) atoms. The second kappa shape index (κ2) is 6.03. The second-order valence-corrected chi connectivity index (χ2v) is 6.44. The summed E-state index contributed by atoms with van der Waals surface area (Å²) in [5.41, 5.74) is 4.99. The third-order valence-corrected chi connectivity index (χ3v) is 4.98. The number of carbonyl (C=O) groups is 1. The van der Waals surface area contributed by atoms with E-state index in [4.69, 9.17) is 33.7 Å². The van der Waals surface area contributed by atoms with Crippen LogP contribution in [0.5, 0.6) is 5.75 Å². The Morgan fingerprint density at radius 2 is 2.05 bits per heavy atom. The van der Waals surface area contributed by atoms with E-state index >= 15 is 0 Å². The number of amides is 1. The van der Waals surface area contributed by atoms with Gasteiger partial charge in [0.05, 0.1) is 12.1 Å². The first-order chi connectivity index (χ1) is 10.3. The molecule has 118 valence electrons. The SMILES string of the molecule is COc1ccc(S(=O)(=O)Nc2cc(C(N)=O)[nH]n2)c(Cl)c1Cl. The lowest BCUT2D eigenvalue weighted by Gasteiger charge is -2.10. The Labute approximate surface area is 135 Å². The van der Waals surface area contributed by atoms with Gasteiger partial charge >= 0.3 is 0 Å². The average molecular weight is 365 g/mol. The highest BCUT2D eigenvalue weighted by molar-refractivity contribution is 7.92. The molecule has 0 fully saturated rings. The summed E-state index contributed by atoms with van der Waals surface area (Å²) in [5, 5.41) is 5.68. The van der Waals surface area contributed by atoms with Gasteiger partial charge in [0.25, 0.3) is 15.9 Å². The van der Waals surface area contributed by atoms with Gasteiger partial charge in [-0.1, -0.05) is 23.2 Å². The van der Waals surface area contributed by atoms with E-state index < -0.39 is 15.9 Å². The van der Waals surface area contributed by atoms with Crippen molar-refractivity contribution in [3.8, 4) is 5.75 Å². The molecular weight excluding hydrogens is 355 g/mol. The van der Waals surface area contributed by atoms with Crippen LogP contribution in [0.3, 0.4) is 0 Å². The molecule has 0 saturated heterocycles. The summed E-state index contributed by atoms with van der Waals surface area (Å²) < 4.78 is 31.7. The maximum absolute atomic E-state index is 12.3. The molecule has 1 heterocycles. The highest BCUT2D eigenvalue weighted by atomic mass is 35.5. The predicted molar refractivity (Wildman–Crippen MR) is 80.9 cm³/mol. The molecule has 0 saturated carbocycles. The molecule has 1 amide bonds. The Morgan fingerprint density at radius 1 is 1.36 bits per heavy atom. The Kier molecular flexibility index (Phi) is 4.50. The zero-order valence-corrected chi connectivity index (χ0v) is 13.4. The van der Waals surface area contributed by atoms with Crippen molar-refractivity contribution in [2.45, 2.75) is 4.90 Å². The summed E-state index contributed by atoms with van der Waals surface area (Å²) in [4.78, 5) is 10.7. The van der Waals surface area contributed by atoms with Crippen molar-refractivity contribution in [3.63, 3.8) is 0 Å². The number of rotatable bonds is 5. The lowest BCUT2D eigenvalue weighted by molar-refractivity contribution is 0.0995. The van der Waals surface area contributed by atoms with Crippen molar-refractivity contribution in [3.05, 3.63) is 33.9 Å². The number of aromatic nitrogens is 2. The van der Waals surface area contributed by atoms with Gasteiger partial charge in [0, 0.05) is 6.07 Å². The number of anilines is 1. The Hall–Kier alpha value is -1.97. The average Bonchev–Trinajstić information content (AvgIpc) is 2.89. The van der Waals surface area contributed by atoms with E-state index in [1.54, 1.807) is 0 Å². The van der Waals surface area contributed by atoms with Crippen LogP contribution in [-0.2, 0) is 10.0 Å². The number of ether oxygens (including phenoxy) is 1. The smallest absolute Gasteiger partial charge is 0.266 e. The third kappa shape index (κ3) is 3.11. The fourth-order valence-corrected chi connectivity index (χ4v) is 3.41. The largest absolute Gasteiger partial charge is 0.495 e. The van der Waals surface area contributed by atoms with Crippen LogP contribution < -0.4 is 15.2 Å². The number of nitrogens with two attached hydrogens (primary N) is 1. The van der Waals surface area contributed by atoms with E-state index in [9.17, 15) is 13.2 Å². The van der Waals surface area contributed by atoms with Crippen molar-refractivity contribution in [2.24, 2.45) is 5.73 Å². The fourth-order valence-electron chi connectivity index (χ4n) is 1.57. The number of methoxy groups -OCH3 is 1. The van der Waals surface area contributed by atoms with Crippen LogP contribution in [-0.4, -0.2) is 31.6 Å². The first-order valence-electron chi connectivity index (χ1n) is 5.66. The van der Waals surface area contributed by atoms with Crippen molar-refractivity contribution in [1.82, 2.24) is 10.2 Å². The maximum Gasteiger partial charge on any atom is 0.266 e. The number of halogens is 2. The molecule has 0 aliphatic rings. The number of nitrogens with one attached hydrogen (secondary N) is 2. The Bertz CT molecular complexity index is 835. The first-order valence-corrected chi connectivity index (χ1v) is 7.90. The molecule has 4 N–H and O–H groups in total. The van der Waals surface area contributed by atoms with Crippen LogP contribution in [0.4, 0.5) is 5.82 Å². The summed E-state index contributed by atoms with van der Waals surface area (Å²) in [6.45, 7) is 0. The van der Waals surface area contributed by atoms with Gasteiger partial charge in [0.15, 0.2) is 5.82 Å². The molecule has 2 aromatic rings. The predicted octanol–water partition coefficient (Wildman–Crippen LogP) is 1.62. The van der Waals surface area contributed by atoms with Crippen LogP contribution >= 0.6 is 23.2 Å². The van der Waals surface area contributed by atoms with Gasteiger partial charge in [-0.05, 0) is 12.1 Å². The number of H-pyrrole nitrogens is 1. The van der Waals surface area contributed by atoms with Crippen molar-refractivity contribution >= 4 is 45.0 Å². The van der Waals surface area contributed by atoms with Crippen molar-refractivity contribution < 1.29 is 17.9 Å². The van der Waals surface area contributed by atoms with Crippen LogP contribution in [0.2, 0.25) is 10.0 Å². The Morgan fingerprint density at radius 3 is 2.59 bits per heavy atom. The molecule has 0 aliphatic carbocycles. The lowest BCUT2D eigenvalue weighted by atomic mass is 10.3. The van der Waals surface area contributed by atoms with Gasteiger partial charge in [-0.2, -0.15) is 5.10 Å². The number of benzene rings is 1. The molecule has 1 aromatic carbocycles. The quantitative estimate of drug-likeness (QED) is 0.742. The number of primary amides is 1. The third-order valence-electron chi connectivity index (χ3n) is 2.60. The van der Waals surface area contributed by atoms with Gasteiger partial charge in [-0.3, -0.25) is 14.6 Å². The summed E-state index contributed by atoms with van der Waals surface area (Å²) in [7, 11) is -2.69. The van der Waals surface area contributed by atoms with Crippen LogP contribution in [0.15, 0.2) is 23.1 Å². The molecule has 8 nitrogen and oxygen atoms in total. The number of carbonyl (C=O) groups excluding carboxylic acids is 1. The molecule has 0 unspecified atom stereocenters. The maximum atomic E-state index is 12.3. The molecule has 1 aromatic heterocycles. The standard InChI is InChI=1S/C11H10Cl2N4O4S/c1-21-6-2-3-7(10(13)9(6)12)22(19,20)17-8-4-5(11(14)18)15-16-8/h2-4H,1H3,(H2,14,18)(H2,15,16,17). The van der Waals surface area contributed by atoms with E-state index in [0.29, 0.717) is 0 Å². The Balaban J connectivity index is 2.38. The summed E-state index contributed by atoms with van der Waals surface area (Å²) in [6.07, 6.45) is 0. The summed E-state index contributed by atoms with van der Waals surface area (Å²) in [6, 6.07) is 3.75. The van der Waals surface area contributed by atoms with Crippen LogP contribution in [0.1, 0.15) is 10.5 Å². The van der Waals surface area contributed by atoms with E-state index in [1.807, 2.05) is 0 Å². The molecule has 0 aliphatic heterocycles. The fraction of sp³-hybridized carbons (Fsp3) is 0.0909. The molecule has 0 radical (unpaired) electrons. The number of hydrogen-bond acceptors (Lipinski definition) is 5. The van der Waals surface area contributed by atoms with Gasteiger partial charge in [-0.25, -0.2) is 8.42 Å². The van der Waals surface area contributed by atoms with Gasteiger partial charge in [0.2, 0.25) is 0 Å². The van der Waals surface area contributed by atoms with Crippen LogP contribution in [0.25, 0.3) is 0 Å².